The van der Waals surface area contributed by atoms with E-state index in [1.54, 1.807) is 29.5 Å². The quantitative estimate of drug-likeness (QED) is 0.402. The van der Waals surface area contributed by atoms with Gasteiger partial charge in [-0.25, -0.2) is 13.4 Å². The van der Waals surface area contributed by atoms with Gasteiger partial charge in [-0.3, -0.25) is 4.90 Å². The second-order valence-electron chi connectivity index (χ2n) is 8.84. The van der Waals surface area contributed by atoms with Gasteiger partial charge in [-0.15, -0.1) is 11.3 Å². The number of para-hydroxylation sites is 1. The Kier molecular flexibility index (Phi) is 8.64. The summed E-state index contributed by atoms with van der Waals surface area (Å²) >= 11 is 7.95. The van der Waals surface area contributed by atoms with Crippen molar-refractivity contribution in [2.75, 3.05) is 45.5 Å². The van der Waals surface area contributed by atoms with Crippen LogP contribution in [-0.2, 0) is 9.84 Å². The predicted octanol–water partition coefficient (Wildman–Crippen LogP) is 5.07. The minimum absolute atomic E-state index is 0.298. The summed E-state index contributed by atoms with van der Waals surface area (Å²) < 4.78 is 24.1. The fraction of sp³-hybridized carbons (Fsp3) is 0.296. The van der Waals surface area contributed by atoms with Crippen molar-refractivity contribution in [3.63, 3.8) is 0 Å². The molecule has 1 aliphatic rings. The molecule has 3 aromatic rings. The Morgan fingerprint density at radius 3 is 2.47 bits per heavy atom. The lowest BCUT2D eigenvalue weighted by atomic mass is 10.2. The van der Waals surface area contributed by atoms with Gasteiger partial charge in [0.1, 0.15) is 0 Å². The average Bonchev–Trinajstić information content (AvgIpc) is 3.35. The number of allylic oxidation sites excluding steroid dienone is 1. The lowest BCUT2D eigenvalue weighted by Crippen LogP contribution is -2.47. The van der Waals surface area contributed by atoms with E-state index in [1.807, 2.05) is 48.5 Å². The molecular formula is C27H31ClN4O2S2. The fourth-order valence-corrected chi connectivity index (χ4v) is 5.89. The summed E-state index contributed by atoms with van der Waals surface area (Å²) in [6.07, 6.45) is 3.15. The zero-order chi connectivity index (χ0) is 25.7. The highest BCUT2D eigenvalue weighted by Gasteiger charge is 2.17. The van der Waals surface area contributed by atoms with Gasteiger partial charge in [-0.1, -0.05) is 42.8 Å². The van der Waals surface area contributed by atoms with Gasteiger partial charge in [-0.2, -0.15) is 0 Å². The molecule has 1 aliphatic heterocycles. The first-order valence-electron chi connectivity index (χ1n) is 11.9. The van der Waals surface area contributed by atoms with Crippen molar-refractivity contribution in [1.82, 2.24) is 9.80 Å². The maximum Gasteiger partial charge on any atom is 0.175 e. The third-order valence-corrected chi connectivity index (χ3v) is 8.73. The van der Waals surface area contributed by atoms with Crippen molar-refractivity contribution in [3.8, 4) is 10.4 Å². The van der Waals surface area contributed by atoms with Crippen LogP contribution in [0, 0.1) is 0 Å². The topological polar surface area (TPSA) is 79.0 Å². The SMILES string of the molecule is CCN1CCN(C/C(N)=C/C(=Nc2ccccc2Cl)c2ccc(-c3cccc(S(C)(=O)=O)c3)s2)CC1. The minimum atomic E-state index is -3.29. The van der Waals surface area contributed by atoms with Gasteiger partial charge in [0.25, 0.3) is 0 Å². The molecule has 2 heterocycles. The zero-order valence-electron chi connectivity index (χ0n) is 20.5. The molecule has 4 rings (SSSR count). The van der Waals surface area contributed by atoms with Crippen LogP contribution in [0.4, 0.5) is 5.69 Å². The van der Waals surface area contributed by atoms with Gasteiger partial charge in [-0.05, 0) is 54.6 Å². The molecule has 0 unspecified atom stereocenters. The number of hydrogen-bond acceptors (Lipinski definition) is 7. The number of sulfone groups is 1. The molecule has 0 bridgehead atoms. The number of nitrogens with two attached hydrogens (primary N) is 1. The normalized spacial score (nSPS) is 16.4. The van der Waals surface area contributed by atoms with Crippen molar-refractivity contribution >= 4 is 44.2 Å². The molecule has 0 aliphatic carbocycles. The molecule has 2 N–H and O–H groups in total. The largest absolute Gasteiger partial charge is 0.401 e. The van der Waals surface area contributed by atoms with Gasteiger partial charge in [0.15, 0.2) is 9.84 Å². The molecule has 0 radical (unpaired) electrons. The van der Waals surface area contributed by atoms with Gasteiger partial charge in [0.05, 0.1) is 26.2 Å². The van der Waals surface area contributed by atoms with Crippen molar-refractivity contribution in [2.45, 2.75) is 11.8 Å². The minimum Gasteiger partial charge on any atom is -0.401 e. The second kappa shape index (κ2) is 11.7. The molecule has 2 aromatic carbocycles. The summed E-state index contributed by atoms with van der Waals surface area (Å²) in [5, 5.41) is 0.565. The summed E-state index contributed by atoms with van der Waals surface area (Å²) in [7, 11) is -3.29. The number of halogens is 1. The van der Waals surface area contributed by atoms with E-state index in [4.69, 9.17) is 22.3 Å². The lowest BCUT2D eigenvalue weighted by Gasteiger charge is -2.34. The summed E-state index contributed by atoms with van der Waals surface area (Å²) in [4.78, 5) is 11.8. The summed E-state index contributed by atoms with van der Waals surface area (Å²) in [6.45, 7) is 8.00. The summed E-state index contributed by atoms with van der Waals surface area (Å²) in [5.41, 5.74) is 9.49. The van der Waals surface area contributed by atoms with Crippen LogP contribution < -0.4 is 5.73 Å². The van der Waals surface area contributed by atoms with Crippen LogP contribution in [0.3, 0.4) is 0 Å². The Morgan fingerprint density at radius 1 is 1.06 bits per heavy atom. The Balaban J connectivity index is 1.65. The molecule has 0 atom stereocenters. The zero-order valence-corrected chi connectivity index (χ0v) is 22.9. The highest BCUT2D eigenvalue weighted by molar-refractivity contribution is 7.90. The van der Waals surface area contributed by atoms with E-state index in [-0.39, 0.29) is 0 Å². The molecule has 0 spiro atoms. The first-order chi connectivity index (χ1) is 17.2. The maximum absolute atomic E-state index is 12.0. The van der Waals surface area contributed by atoms with Crippen LogP contribution in [0.2, 0.25) is 5.02 Å². The molecule has 9 heteroatoms. The van der Waals surface area contributed by atoms with E-state index < -0.39 is 9.84 Å². The van der Waals surface area contributed by atoms with Gasteiger partial charge >= 0.3 is 0 Å². The lowest BCUT2D eigenvalue weighted by molar-refractivity contribution is 0.145. The molecule has 1 aromatic heterocycles. The van der Waals surface area contributed by atoms with E-state index in [9.17, 15) is 8.42 Å². The number of aliphatic imine (C=N–C) groups is 1. The van der Waals surface area contributed by atoms with Crippen molar-refractivity contribution in [3.05, 3.63) is 82.3 Å². The number of rotatable bonds is 8. The smallest absolute Gasteiger partial charge is 0.175 e. The molecule has 0 amide bonds. The summed E-state index contributed by atoms with van der Waals surface area (Å²) in [6, 6.07) is 18.4. The highest BCUT2D eigenvalue weighted by Crippen LogP contribution is 2.32. The number of nitrogens with zero attached hydrogens (tertiary/aromatic N) is 3. The molecule has 6 nitrogen and oxygen atoms in total. The Morgan fingerprint density at radius 2 is 1.78 bits per heavy atom. The van der Waals surface area contributed by atoms with Crippen molar-refractivity contribution in [1.29, 1.82) is 0 Å². The molecule has 0 saturated carbocycles. The van der Waals surface area contributed by atoms with Crippen LogP contribution in [0.25, 0.3) is 10.4 Å². The number of benzene rings is 2. The maximum atomic E-state index is 12.0. The molecule has 190 valence electrons. The van der Waals surface area contributed by atoms with E-state index in [0.717, 1.165) is 59.5 Å². The number of likely N-dealkylation sites (N-methyl/N-ethyl adjacent to an activating group) is 1. The Labute approximate surface area is 222 Å². The van der Waals surface area contributed by atoms with Crippen molar-refractivity contribution in [2.24, 2.45) is 10.7 Å². The van der Waals surface area contributed by atoms with Crippen molar-refractivity contribution < 1.29 is 8.42 Å². The van der Waals surface area contributed by atoms with E-state index in [2.05, 4.69) is 16.7 Å². The van der Waals surface area contributed by atoms with Crippen LogP contribution in [0.15, 0.2) is 82.3 Å². The number of thiophene rings is 1. The van der Waals surface area contributed by atoms with Crippen LogP contribution in [-0.4, -0.2) is 69.5 Å². The first-order valence-corrected chi connectivity index (χ1v) is 15.0. The average molecular weight is 543 g/mol. The number of piperazine rings is 1. The second-order valence-corrected chi connectivity index (χ2v) is 12.3. The third-order valence-electron chi connectivity index (χ3n) is 6.14. The highest BCUT2D eigenvalue weighted by atomic mass is 35.5. The number of hydrogen-bond donors (Lipinski definition) is 1. The monoisotopic (exact) mass is 542 g/mol. The van der Waals surface area contributed by atoms with Gasteiger partial charge in [0.2, 0.25) is 0 Å². The Bertz CT molecular complexity index is 1370. The molecule has 36 heavy (non-hydrogen) atoms. The van der Waals surface area contributed by atoms with Gasteiger partial charge in [0, 0.05) is 49.6 Å². The van der Waals surface area contributed by atoms with E-state index >= 15 is 0 Å². The van der Waals surface area contributed by atoms with E-state index in [0.29, 0.717) is 22.2 Å². The van der Waals surface area contributed by atoms with Crippen LogP contribution >= 0.6 is 22.9 Å². The van der Waals surface area contributed by atoms with Gasteiger partial charge < -0.3 is 10.6 Å². The molecular weight excluding hydrogens is 512 g/mol. The van der Waals surface area contributed by atoms with Crippen LogP contribution in [0.1, 0.15) is 11.8 Å². The third kappa shape index (κ3) is 6.83. The van der Waals surface area contributed by atoms with Crippen LogP contribution in [0.5, 0.6) is 0 Å². The van der Waals surface area contributed by atoms with E-state index in [1.165, 1.54) is 6.26 Å². The first kappa shape index (κ1) is 26.6. The Hall–Kier alpha value is -2.49. The molecule has 1 fully saturated rings. The molecule has 1 saturated heterocycles. The predicted molar refractivity (Wildman–Crippen MR) is 151 cm³/mol. The summed E-state index contributed by atoms with van der Waals surface area (Å²) in [5.74, 6) is 0. The fourth-order valence-electron chi connectivity index (χ4n) is 4.08. The standard InChI is InChI=1S/C27H31ClN4O2S2/c1-3-31-13-15-32(16-14-31)19-21(29)18-25(30-24-10-5-4-9-23(24)28)27-12-11-26(35-27)20-7-6-8-22(17-20)36(2,33)34/h4-12,17-18H,3,13-16,19,29H2,1-2H3/b21-18-,30-25?.